The van der Waals surface area contributed by atoms with Crippen molar-refractivity contribution in [3.63, 3.8) is 0 Å². The average molecular weight is 174 g/mol. The minimum Gasteiger partial charge on any atom is -0.384 e. The van der Waals surface area contributed by atoms with Crippen LogP contribution in [0.3, 0.4) is 0 Å². The number of pyridine rings is 1. The van der Waals surface area contributed by atoms with Gasteiger partial charge in [0.25, 0.3) is 0 Å². The number of rotatable bonds is 0. The second-order valence-corrected chi connectivity index (χ2v) is 2.43. The van der Waals surface area contributed by atoms with E-state index in [-0.39, 0.29) is 0 Å². The van der Waals surface area contributed by atoms with Gasteiger partial charge in [0.2, 0.25) is 0 Å². The molecule has 0 atom stereocenters. The molecule has 0 aliphatic heterocycles. The third-order valence-corrected chi connectivity index (χ3v) is 1.62. The van der Waals surface area contributed by atoms with Crippen LogP contribution in [0.4, 0.5) is 5.82 Å². The van der Waals surface area contributed by atoms with Gasteiger partial charge in [-0.1, -0.05) is 32.0 Å². The molecular weight excluding hydrogens is 160 g/mol. The first-order chi connectivity index (χ1) is 6.36. The largest absolute Gasteiger partial charge is 0.384 e. The SMILES string of the molecule is CC.Nc1ccc2ccccc2n1. The van der Waals surface area contributed by atoms with Gasteiger partial charge in [0.05, 0.1) is 5.52 Å². The van der Waals surface area contributed by atoms with Crippen molar-refractivity contribution < 1.29 is 0 Å². The Labute approximate surface area is 78.4 Å². The second-order valence-electron chi connectivity index (χ2n) is 2.43. The van der Waals surface area contributed by atoms with E-state index < -0.39 is 0 Å². The van der Waals surface area contributed by atoms with E-state index >= 15 is 0 Å². The minimum atomic E-state index is 0.573. The molecule has 2 rings (SSSR count). The fourth-order valence-corrected chi connectivity index (χ4v) is 1.08. The van der Waals surface area contributed by atoms with Crippen LogP contribution in [0, 0.1) is 0 Å². The number of fused-ring (bicyclic) bond motifs is 1. The molecule has 1 aromatic heterocycles. The zero-order chi connectivity index (χ0) is 9.68. The summed E-state index contributed by atoms with van der Waals surface area (Å²) in [7, 11) is 0. The van der Waals surface area contributed by atoms with Crippen molar-refractivity contribution in [1.29, 1.82) is 0 Å². The number of nitrogens with two attached hydrogens (primary N) is 1. The van der Waals surface area contributed by atoms with Crippen molar-refractivity contribution in [3.05, 3.63) is 36.4 Å². The Morgan fingerprint density at radius 2 is 1.69 bits per heavy atom. The second kappa shape index (κ2) is 4.45. The molecule has 2 N–H and O–H groups in total. The Morgan fingerprint density at radius 1 is 1.00 bits per heavy atom. The van der Waals surface area contributed by atoms with Crippen LogP contribution in [0.25, 0.3) is 10.9 Å². The lowest BCUT2D eigenvalue weighted by Gasteiger charge is -1.95. The predicted octanol–water partition coefficient (Wildman–Crippen LogP) is 2.84. The number of hydrogen-bond donors (Lipinski definition) is 1. The monoisotopic (exact) mass is 174 g/mol. The number of nitrogens with zero attached hydrogens (tertiary/aromatic N) is 1. The van der Waals surface area contributed by atoms with E-state index in [0.717, 1.165) is 10.9 Å². The number of hydrogen-bond acceptors (Lipinski definition) is 2. The maximum Gasteiger partial charge on any atom is 0.124 e. The highest BCUT2D eigenvalue weighted by Gasteiger charge is 1.91. The Balaban J connectivity index is 0.000000396. The predicted molar refractivity (Wildman–Crippen MR) is 57.5 cm³/mol. The fourth-order valence-electron chi connectivity index (χ4n) is 1.08. The van der Waals surface area contributed by atoms with Crippen LogP contribution in [-0.2, 0) is 0 Å². The van der Waals surface area contributed by atoms with E-state index in [2.05, 4.69) is 4.98 Å². The summed E-state index contributed by atoms with van der Waals surface area (Å²) in [6.07, 6.45) is 0. The third-order valence-electron chi connectivity index (χ3n) is 1.62. The summed E-state index contributed by atoms with van der Waals surface area (Å²) in [6, 6.07) is 11.7. The summed E-state index contributed by atoms with van der Waals surface area (Å²) < 4.78 is 0. The highest BCUT2D eigenvalue weighted by atomic mass is 14.8. The van der Waals surface area contributed by atoms with Gasteiger partial charge in [0, 0.05) is 5.39 Å². The van der Waals surface area contributed by atoms with Gasteiger partial charge in [0.15, 0.2) is 0 Å². The number of nitrogen functional groups attached to an aromatic ring is 1. The fraction of sp³-hybridized carbons (Fsp3) is 0.182. The van der Waals surface area contributed by atoms with Gasteiger partial charge in [0.1, 0.15) is 5.82 Å². The molecule has 1 aromatic carbocycles. The molecule has 13 heavy (non-hydrogen) atoms. The van der Waals surface area contributed by atoms with E-state index in [1.807, 2.05) is 50.2 Å². The lowest BCUT2D eigenvalue weighted by atomic mass is 10.2. The molecular formula is C11H14N2. The van der Waals surface area contributed by atoms with Gasteiger partial charge in [-0.15, -0.1) is 0 Å². The molecule has 2 heteroatoms. The molecule has 0 aliphatic rings. The lowest BCUT2D eigenvalue weighted by molar-refractivity contribution is 1.42. The van der Waals surface area contributed by atoms with Crippen LogP contribution in [0.2, 0.25) is 0 Å². The molecule has 0 bridgehead atoms. The molecule has 2 aromatic rings. The topological polar surface area (TPSA) is 38.9 Å². The highest BCUT2D eigenvalue weighted by molar-refractivity contribution is 5.79. The van der Waals surface area contributed by atoms with Crippen molar-refractivity contribution in [2.24, 2.45) is 0 Å². The Hall–Kier alpha value is -1.57. The standard InChI is InChI=1S/C9H8N2.C2H6/c10-9-6-5-7-3-1-2-4-8(7)11-9;1-2/h1-6H,(H2,10,11);1-2H3. The Bertz CT molecular complexity index is 383. The van der Waals surface area contributed by atoms with Gasteiger partial charge < -0.3 is 5.73 Å². The van der Waals surface area contributed by atoms with Crippen molar-refractivity contribution in [2.45, 2.75) is 13.8 Å². The number of benzene rings is 1. The molecule has 0 saturated heterocycles. The van der Waals surface area contributed by atoms with Crippen LogP contribution in [0.15, 0.2) is 36.4 Å². The molecule has 2 nitrogen and oxygen atoms in total. The van der Waals surface area contributed by atoms with Gasteiger partial charge in [-0.2, -0.15) is 0 Å². The molecule has 1 heterocycles. The summed E-state index contributed by atoms with van der Waals surface area (Å²) in [5.41, 5.74) is 6.46. The molecule has 0 amide bonds. The summed E-state index contributed by atoms with van der Waals surface area (Å²) in [4.78, 5) is 4.15. The smallest absolute Gasteiger partial charge is 0.124 e. The maximum absolute atomic E-state index is 5.51. The molecule has 68 valence electrons. The lowest BCUT2D eigenvalue weighted by Crippen LogP contribution is -1.88. The van der Waals surface area contributed by atoms with Crippen LogP contribution in [-0.4, -0.2) is 4.98 Å². The molecule has 0 saturated carbocycles. The van der Waals surface area contributed by atoms with E-state index in [1.165, 1.54) is 0 Å². The Kier molecular flexibility index (Phi) is 3.26. The highest BCUT2D eigenvalue weighted by Crippen LogP contribution is 2.11. The van der Waals surface area contributed by atoms with Crippen LogP contribution >= 0.6 is 0 Å². The van der Waals surface area contributed by atoms with E-state index in [1.54, 1.807) is 0 Å². The first-order valence-electron chi connectivity index (χ1n) is 4.47. The summed E-state index contributed by atoms with van der Waals surface area (Å²) >= 11 is 0. The minimum absolute atomic E-state index is 0.573. The zero-order valence-corrected chi connectivity index (χ0v) is 7.99. The molecule has 0 fully saturated rings. The van der Waals surface area contributed by atoms with E-state index in [4.69, 9.17) is 5.73 Å². The van der Waals surface area contributed by atoms with E-state index in [9.17, 15) is 0 Å². The number of aromatic nitrogens is 1. The number of anilines is 1. The zero-order valence-electron chi connectivity index (χ0n) is 7.99. The van der Waals surface area contributed by atoms with Crippen LogP contribution in [0.5, 0.6) is 0 Å². The normalized spacial score (nSPS) is 9.08. The van der Waals surface area contributed by atoms with E-state index in [0.29, 0.717) is 5.82 Å². The molecule has 0 aliphatic carbocycles. The first kappa shape index (κ1) is 9.52. The maximum atomic E-state index is 5.51. The van der Waals surface area contributed by atoms with Crippen molar-refractivity contribution in [2.75, 3.05) is 5.73 Å². The molecule has 0 radical (unpaired) electrons. The first-order valence-corrected chi connectivity index (χ1v) is 4.47. The van der Waals surface area contributed by atoms with Gasteiger partial charge in [-0.25, -0.2) is 4.98 Å². The summed E-state index contributed by atoms with van der Waals surface area (Å²) in [5.74, 6) is 0.573. The van der Waals surface area contributed by atoms with Gasteiger partial charge >= 0.3 is 0 Å². The van der Waals surface area contributed by atoms with Crippen molar-refractivity contribution in [1.82, 2.24) is 4.98 Å². The van der Waals surface area contributed by atoms with Gasteiger partial charge in [-0.3, -0.25) is 0 Å². The van der Waals surface area contributed by atoms with Crippen molar-refractivity contribution >= 4 is 16.7 Å². The number of para-hydroxylation sites is 1. The summed E-state index contributed by atoms with van der Waals surface area (Å²) in [5, 5.41) is 1.13. The van der Waals surface area contributed by atoms with Crippen molar-refractivity contribution in [3.8, 4) is 0 Å². The molecule has 0 unspecified atom stereocenters. The average Bonchev–Trinajstić information content (AvgIpc) is 2.21. The third kappa shape index (κ3) is 2.18. The summed E-state index contributed by atoms with van der Waals surface area (Å²) in [6.45, 7) is 4.00. The Morgan fingerprint density at radius 3 is 2.46 bits per heavy atom. The van der Waals surface area contributed by atoms with Crippen LogP contribution in [0.1, 0.15) is 13.8 Å². The molecule has 0 spiro atoms. The van der Waals surface area contributed by atoms with Crippen LogP contribution < -0.4 is 5.73 Å². The quantitative estimate of drug-likeness (QED) is 0.667. The van der Waals surface area contributed by atoms with Gasteiger partial charge in [-0.05, 0) is 18.2 Å².